The lowest BCUT2D eigenvalue weighted by Gasteiger charge is -2.39. The van der Waals surface area contributed by atoms with Gasteiger partial charge in [-0.25, -0.2) is 0 Å². The monoisotopic (exact) mass is 301 g/mol. The maximum absolute atomic E-state index is 6.51. The van der Waals surface area contributed by atoms with E-state index >= 15 is 0 Å². The summed E-state index contributed by atoms with van der Waals surface area (Å²) in [6.45, 7) is 13.6. The highest BCUT2D eigenvalue weighted by atomic mass is 28.4. The van der Waals surface area contributed by atoms with Crippen molar-refractivity contribution in [3.63, 3.8) is 0 Å². The van der Waals surface area contributed by atoms with Crippen LogP contribution in [0.25, 0.3) is 11.3 Å². The third kappa shape index (κ3) is 3.47. The summed E-state index contributed by atoms with van der Waals surface area (Å²) in [5.41, 5.74) is 2.44. The van der Waals surface area contributed by atoms with E-state index in [2.05, 4.69) is 88.0 Å². The van der Waals surface area contributed by atoms with Gasteiger partial charge in [-0.2, -0.15) is 0 Å². The van der Waals surface area contributed by atoms with Crippen LogP contribution < -0.4 is 0 Å². The molecule has 0 N–H and O–H groups in total. The van der Waals surface area contributed by atoms with Gasteiger partial charge in [-0.1, -0.05) is 51.1 Å². The third-order valence-electron chi connectivity index (χ3n) is 4.51. The summed E-state index contributed by atoms with van der Waals surface area (Å²) < 4.78 is 8.74. The van der Waals surface area contributed by atoms with Crippen LogP contribution in [-0.2, 0) is 4.43 Å². The smallest absolute Gasteiger partial charge is 0.194 e. The summed E-state index contributed by atoms with van der Waals surface area (Å²) in [5.74, 6) is 0. The minimum atomic E-state index is -1.77. The van der Waals surface area contributed by atoms with E-state index in [9.17, 15) is 0 Å². The molecule has 1 atom stereocenters. The SMILES string of the molecule is CC(O[Si](C)(C)C(C)(C)C)n1cccc1-c1ccccc1. The Morgan fingerprint density at radius 1 is 1.00 bits per heavy atom. The molecule has 1 aromatic carbocycles. The average molecular weight is 302 g/mol. The Labute approximate surface area is 129 Å². The van der Waals surface area contributed by atoms with Crippen molar-refractivity contribution < 1.29 is 4.43 Å². The van der Waals surface area contributed by atoms with Crippen LogP contribution in [0.5, 0.6) is 0 Å². The molecular formula is C18H27NOSi. The van der Waals surface area contributed by atoms with Crippen LogP contribution in [0.4, 0.5) is 0 Å². The molecule has 0 aliphatic rings. The van der Waals surface area contributed by atoms with E-state index in [4.69, 9.17) is 4.43 Å². The minimum absolute atomic E-state index is 0.0519. The lowest BCUT2D eigenvalue weighted by atomic mass is 10.1. The van der Waals surface area contributed by atoms with Crippen molar-refractivity contribution in [3.8, 4) is 11.3 Å². The lowest BCUT2D eigenvalue weighted by molar-refractivity contribution is 0.135. The van der Waals surface area contributed by atoms with Gasteiger partial charge >= 0.3 is 0 Å². The fraction of sp³-hybridized carbons (Fsp3) is 0.444. The highest BCUT2D eigenvalue weighted by Gasteiger charge is 2.38. The molecule has 0 saturated heterocycles. The molecule has 0 fully saturated rings. The first kappa shape index (κ1) is 16.1. The number of benzene rings is 1. The van der Waals surface area contributed by atoms with Crippen LogP contribution in [0.1, 0.15) is 33.9 Å². The Balaban J connectivity index is 2.26. The third-order valence-corrected chi connectivity index (χ3v) is 9.05. The van der Waals surface area contributed by atoms with Crippen LogP contribution in [0.2, 0.25) is 18.1 Å². The Morgan fingerprint density at radius 3 is 2.19 bits per heavy atom. The van der Waals surface area contributed by atoms with Crippen molar-refractivity contribution in [1.82, 2.24) is 4.57 Å². The molecule has 1 heterocycles. The van der Waals surface area contributed by atoms with E-state index in [-0.39, 0.29) is 11.3 Å². The van der Waals surface area contributed by atoms with Crippen molar-refractivity contribution in [2.24, 2.45) is 0 Å². The summed E-state index contributed by atoms with van der Waals surface area (Å²) >= 11 is 0. The zero-order chi connectivity index (χ0) is 15.7. The Kier molecular flexibility index (Phi) is 4.45. The van der Waals surface area contributed by atoms with Gasteiger partial charge < -0.3 is 8.99 Å². The second kappa shape index (κ2) is 5.82. The quantitative estimate of drug-likeness (QED) is 0.661. The molecular weight excluding hydrogens is 274 g/mol. The summed E-state index contributed by atoms with van der Waals surface area (Å²) in [6, 6.07) is 14.7. The van der Waals surface area contributed by atoms with Crippen LogP contribution in [0.3, 0.4) is 0 Å². The van der Waals surface area contributed by atoms with Crippen molar-refractivity contribution in [3.05, 3.63) is 48.7 Å². The van der Waals surface area contributed by atoms with E-state index in [1.165, 1.54) is 11.3 Å². The predicted molar refractivity (Wildman–Crippen MR) is 92.9 cm³/mol. The van der Waals surface area contributed by atoms with Gasteiger partial charge in [-0.15, -0.1) is 0 Å². The standard InChI is InChI=1S/C18H27NOSi/c1-15(20-21(5,6)18(2,3)4)19-14-10-13-17(19)16-11-8-7-9-12-16/h7-15H,1-6H3. The van der Waals surface area contributed by atoms with Gasteiger partial charge in [0.1, 0.15) is 6.23 Å². The van der Waals surface area contributed by atoms with Crippen molar-refractivity contribution in [2.45, 2.75) is 52.1 Å². The number of aromatic nitrogens is 1. The minimum Gasteiger partial charge on any atom is -0.397 e. The van der Waals surface area contributed by atoms with Crippen LogP contribution >= 0.6 is 0 Å². The molecule has 0 aliphatic carbocycles. The van der Waals surface area contributed by atoms with E-state index in [1.807, 2.05) is 6.07 Å². The van der Waals surface area contributed by atoms with Crippen LogP contribution in [0.15, 0.2) is 48.7 Å². The molecule has 0 amide bonds. The summed E-state index contributed by atoms with van der Waals surface area (Å²) in [5, 5.41) is 0.224. The highest BCUT2D eigenvalue weighted by molar-refractivity contribution is 6.74. The first-order chi connectivity index (χ1) is 9.72. The molecule has 1 unspecified atom stereocenters. The number of rotatable bonds is 4. The van der Waals surface area contributed by atoms with Gasteiger partial charge in [-0.3, -0.25) is 0 Å². The molecule has 0 radical (unpaired) electrons. The fourth-order valence-corrected chi connectivity index (χ4v) is 3.54. The topological polar surface area (TPSA) is 14.2 Å². The van der Waals surface area contributed by atoms with Crippen molar-refractivity contribution in [1.29, 1.82) is 0 Å². The maximum Gasteiger partial charge on any atom is 0.194 e. The molecule has 1 aromatic heterocycles. The average Bonchev–Trinajstić information content (AvgIpc) is 2.87. The number of hydrogen-bond acceptors (Lipinski definition) is 1. The van der Waals surface area contributed by atoms with Crippen LogP contribution in [-0.4, -0.2) is 12.9 Å². The molecule has 21 heavy (non-hydrogen) atoms. The zero-order valence-corrected chi connectivity index (χ0v) is 15.1. The highest BCUT2D eigenvalue weighted by Crippen LogP contribution is 2.39. The van der Waals surface area contributed by atoms with Gasteiger partial charge in [-0.05, 0) is 42.8 Å². The number of hydrogen-bond donors (Lipinski definition) is 0. The van der Waals surface area contributed by atoms with Gasteiger partial charge in [0.05, 0.1) is 5.69 Å². The van der Waals surface area contributed by atoms with Gasteiger partial charge in [0.25, 0.3) is 0 Å². The van der Waals surface area contributed by atoms with E-state index in [0.29, 0.717) is 0 Å². The summed E-state index contributed by atoms with van der Waals surface area (Å²) in [6.07, 6.45) is 2.16. The normalized spacial score (nSPS) is 14.2. The second-order valence-electron chi connectivity index (χ2n) is 7.14. The Morgan fingerprint density at radius 2 is 1.62 bits per heavy atom. The van der Waals surface area contributed by atoms with Crippen LogP contribution in [0, 0.1) is 0 Å². The molecule has 2 rings (SSSR count). The Bertz CT molecular complexity index is 581. The van der Waals surface area contributed by atoms with E-state index in [1.54, 1.807) is 0 Å². The maximum atomic E-state index is 6.51. The molecule has 3 heteroatoms. The van der Waals surface area contributed by atoms with Crippen molar-refractivity contribution in [2.75, 3.05) is 0 Å². The fourth-order valence-electron chi connectivity index (χ4n) is 2.22. The number of nitrogens with zero attached hydrogens (tertiary/aromatic N) is 1. The van der Waals surface area contributed by atoms with Crippen molar-refractivity contribution >= 4 is 8.32 Å². The molecule has 0 aliphatic heterocycles. The van der Waals surface area contributed by atoms with Gasteiger partial charge in [0.2, 0.25) is 0 Å². The molecule has 2 nitrogen and oxygen atoms in total. The molecule has 0 spiro atoms. The summed E-state index contributed by atoms with van der Waals surface area (Å²) in [4.78, 5) is 0. The van der Waals surface area contributed by atoms with E-state index < -0.39 is 8.32 Å². The van der Waals surface area contributed by atoms with Gasteiger partial charge in [0.15, 0.2) is 8.32 Å². The second-order valence-corrected chi connectivity index (χ2v) is 11.9. The first-order valence-corrected chi connectivity index (χ1v) is 10.5. The molecule has 114 valence electrons. The molecule has 2 aromatic rings. The Hall–Kier alpha value is -1.32. The molecule has 0 bridgehead atoms. The lowest BCUT2D eigenvalue weighted by Crippen LogP contribution is -2.42. The summed E-state index contributed by atoms with van der Waals surface area (Å²) in [7, 11) is -1.77. The predicted octanol–water partition coefficient (Wildman–Crippen LogP) is 5.70. The molecule has 0 saturated carbocycles. The van der Waals surface area contributed by atoms with E-state index in [0.717, 1.165) is 0 Å². The largest absolute Gasteiger partial charge is 0.397 e. The van der Waals surface area contributed by atoms with Gasteiger partial charge in [0, 0.05) is 6.20 Å². The zero-order valence-electron chi connectivity index (χ0n) is 14.1. The first-order valence-electron chi connectivity index (χ1n) is 7.62.